The highest BCUT2D eigenvalue weighted by Crippen LogP contribution is 2.10. The maximum absolute atomic E-state index is 11.5. The highest BCUT2D eigenvalue weighted by molar-refractivity contribution is 5.77. The van der Waals surface area contributed by atoms with Crippen molar-refractivity contribution in [3.8, 4) is 5.75 Å². The van der Waals surface area contributed by atoms with E-state index in [1.54, 1.807) is 12.1 Å². The number of aryl methyl sites for hydroxylation is 1. The molecule has 21 heavy (non-hydrogen) atoms. The van der Waals surface area contributed by atoms with Crippen molar-refractivity contribution in [3.05, 3.63) is 42.5 Å². The van der Waals surface area contributed by atoms with Gasteiger partial charge in [-0.2, -0.15) is 0 Å². The first-order valence-electron chi connectivity index (χ1n) is 6.59. The normalized spacial score (nSPS) is 9.57. The van der Waals surface area contributed by atoms with E-state index in [1.807, 2.05) is 19.1 Å². The zero-order valence-electron chi connectivity index (χ0n) is 12.1. The minimum atomic E-state index is -0.542. The second-order valence-corrected chi connectivity index (χ2v) is 4.27. The molecular weight excluding hydrogens is 272 g/mol. The number of benzene rings is 1. The molecule has 1 aromatic carbocycles. The van der Waals surface area contributed by atoms with Crippen molar-refractivity contribution in [2.45, 2.75) is 6.92 Å². The summed E-state index contributed by atoms with van der Waals surface area (Å²) in [6, 6.07) is 7.43. The molecule has 0 aromatic heterocycles. The van der Waals surface area contributed by atoms with Crippen molar-refractivity contribution in [1.82, 2.24) is 10.6 Å². The topological polar surface area (TPSA) is 76.7 Å². The van der Waals surface area contributed by atoms with Crippen LogP contribution in [0.3, 0.4) is 0 Å². The maximum Gasteiger partial charge on any atom is 0.407 e. The van der Waals surface area contributed by atoms with E-state index in [2.05, 4.69) is 17.2 Å². The Morgan fingerprint density at radius 3 is 2.52 bits per heavy atom. The lowest BCUT2D eigenvalue weighted by molar-refractivity contribution is -0.123. The molecular formula is C15H20N2O4. The molecule has 114 valence electrons. The first-order valence-corrected chi connectivity index (χ1v) is 6.59. The molecule has 0 aliphatic heterocycles. The summed E-state index contributed by atoms with van der Waals surface area (Å²) >= 11 is 0. The molecule has 0 fully saturated rings. The summed E-state index contributed by atoms with van der Waals surface area (Å²) < 4.78 is 10.0. The van der Waals surface area contributed by atoms with Crippen molar-refractivity contribution in [2.24, 2.45) is 0 Å². The average Bonchev–Trinajstić information content (AvgIpc) is 2.49. The first-order chi connectivity index (χ1) is 10.1. The summed E-state index contributed by atoms with van der Waals surface area (Å²) in [7, 11) is 0. The average molecular weight is 292 g/mol. The van der Waals surface area contributed by atoms with Crippen molar-refractivity contribution < 1.29 is 19.1 Å². The Hall–Kier alpha value is -2.50. The number of carbonyl (C=O) groups is 2. The van der Waals surface area contributed by atoms with Crippen LogP contribution in [-0.4, -0.2) is 38.3 Å². The monoisotopic (exact) mass is 292 g/mol. The van der Waals surface area contributed by atoms with E-state index >= 15 is 0 Å². The fraction of sp³-hybridized carbons (Fsp3) is 0.333. The summed E-state index contributed by atoms with van der Waals surface area (Å²) in [6.07, 6.45) is 0.934. The van der Waals surface area contributed by atoms with Gasteiger partial charge in [-0.15, -0.1) is 0 Å². The van der Waals surface area contributed by atoms with Crippen LogP contribution in [0.1, 0.15) is 5.56 Å². The molecule has 6 heteroatoms. The van der Waals surface area contributed by atoms with Crippen LogP contribution in [0.4, 0.5) is 4.79 Å². The fourth-order valence-electron chi connectivity index (χ4n) is 1.39. The molecule has 0 radical (unpaired) electrons. The highest BCUT2D eigenvalue weighted by Gasteiger charge is 2.03. The molecule has 0 heterocycles. The smallest absolute Gasteiger partial charge is 0.407 e. The van der Waals surface area contributed by atoms with Crippen LogP contribution in [0.25, 0.3) is 0 Å². The summed E-state index contributed by atoms with van der Waals surface area (Å²) in [6.45, 7) is 6.08. The minimum absolute atomic E-state index is 0.0655. The first kappa shape index (κ1) is 16.6. The van der Waals surface area contributed by atoms with Crippen LogP contribution in [-0.2, 0) is 9.53 Å². The summed E-state index contributed by atoms with van der Waals surface area (Å²) in [5, 5.41) is 5.11. The third-order valence-electron chi connectivity index (χ3n) is 2.44. The summed E-state index contributed by atoms with van der Waals surface area (Å²) in [5.74, 6) is 0.388. The van der Waals surface area contributed by atoms with Gasteiger partial charge < -0.3 is 20.1 Å². The van der Waals surface area contributed by atoms with Gasteiger partial charge in [-0.1, -0.05) is 30.4 Å². The molecule has 2 amide bonds. The van der Waals surface area contributed by atoms with Gasteiger partial charge in [0.25, 0.3) is 5.91 Å². The van der Waals surface area contributed by atoms with Crippen LogP contribution < -0.4 is 15.4 Å². The molecule has 2 N–H and O–H groups in total. The maximum atomic E-state index is 11.5. The Balaban J connectivity index is 2.10. The van der Waals surface area contributed by atoms with Crippen LogP contribution in [0.15, 0.2) is 36.9 Å². The van der Waals surface area contributed by atoms with E-state index in [4.69, 9.17) is 9.47 Å². The van der Waals surface area contributed by atoms with Crippen molar-refractivity contribution in [3.63, 3.8) is 0 Å². The second kappa shape index (κ2) is 9.41. The van der Waals surface area contributed by atoms with Gasteiger partial charge in [0, 0.05) is 13.1 Å². The number of ether oxygens (including phenoxy) is 2. The van der Waals surface area contributed by atoms with Gasteiger partial charge in [-0.05, 0) is 19.1 Å². The van der Waals surface area contributed by atoms with E-state index < -0.39 is 6.09 Å². The van der Waals surface area contributed by atoms with Crippen LogP contribution in [0.5, 0.6) is 5.75 Å². The number of amides is 2. The molecule has 0 unspecified atom stereocenters. The highest BCUT2D eigenvalue weighted by atomic mass is 16.5. The largest absolute Gasteiger partial charge is 0.484 e. The SMILES string of the molecule is C=CCOC(=O)NCCNC(=O)COc1ccc(C)cc1. The molecule has 0 aliphatic carbocycles. The Labute approximate surface area is 124 Å². The lowest BCUT2D eigenvalue weighted by Crippen LogP contribution is -2.37. The zero-order chi connectivity index (χ0) is 15.5. The van der Waals surface area contributed by atoms with E-state index in [0.29, 0.717) is 12.3 Å². The molecule has 0 bridgehead atoms. The molecule has 0 aliphatic rings. The van der Waals surface area contributed by atoms with E-state index in [1.165, 1.54) is 6.08 Å². The molecule has 0 spiro atoms. The molecule has 6 nitrogen and oxygen atoms in total. The van der Waals surface area contributed by atoms with Crippen molar-refractivity contribution >= 4 is 12.0 Å². The minimum Gasteiger partial charge on any atom is -0.484 e. The number of hydrogen-bond donors (Lipinski definition) is 2. The quantitative estimate of drug-likeness (QED) is 0.561. The molecule has 0 saturated carbocycles. The van der Waals surface area contributed by atoms with Gasteiger partial charge in [-0.25, -0.2) is 4.79 Å². The number of rotatable bonds is 8. The predicted octanol–water partition coefficient (Wildman–Crippen LogP) is 1.40. The lowest BCUT2D eigenvalue weighted by atomic mass is 10.2. The number of alkyl carbamates (subject to hydrolysis) is 1. The van der Waals surface area contributed by atoms with Crippen LogP contribution in [0, 0.1) is 6.92 Å². The van der Waals surface area contributed by atoms with Crippen LogP contribution in [0.2, 0.25) is 0 Å². The Bertz CT molecular complexity index is 471. The van der Waals surface area contributed by atoms with Gasteiger partial charge >= 0.3 is 6.09 Å². The van der Waals surface area contributed by atoms with Crippen molar-refractivity contribution in [2.75, 3.05) is 26.3 Å². The van der Waals surface area contributed by atoms with Gasteiger partial charge in [0.05, 0.1) is 0 Å². The number of carbonyl (C=O) groups excluding carboxylic acids is 2. The number of nitrogens with one attached hydrogen (secondary N) is 2. The van der Waals surface area contributed by atoms with E-state index in [9.17, 15) is 9.59 Å². The van der Waals surface area contributed by atoms with Gasteiger partial charge in [0.15, 0.2) is 6.61 Å². The summed E-state index contributed by atoms with van der Waals surface area (Å²) in [4.78, 5) is 22.6. The Morgan fingerprint density at radius 2 is 1.86 bits per heavy atom. The standard InChI is InChI=1S/C15H20N2O4/c1-3-10-20-15(19)17-9-8-16-14(18)11-21-13-6-4-12(2)5-7-13/h3-7H,1,8-11H2,2H3,(H,16,18)(H,17,19). The number of hydrogen-bond acceptors (Lipinski definition) is 4. The molecule has 0 saturated heterocycles. The lowest BCUT2D eigenvalue weighted by Gasteiger charge is -2.08. The molecule has 0 atom stereocenters. The van der Waals surface area contributed by atoms with Gasteiger partial charge in [0.2, 0.25) is 0 Å². The Morgan fingerprint density at radius 1 is 1.19 bits per heavy atom. The second-order valence-electron chi connectivity index (χ2n) is 4.27. The third-order valence-corrected chi connectivity index (χ3v) is 2.44. The van der Waals surface area contributed by atoms with Crippen LogP contribution >= 0.6 is 0 Å². The van der Waals surface area contributed by atoms with Gasteiger partial charge in [0.1, 0.15) is 12.4 Å². The third kappa shape index (κ3) is 7.61. The molecule has 1 rings (SSSR count). The van der Waals surface area contributed by atoms with E-state index in [-0.39, 0.29) is 25.7 Å². The zero-order valence-corrected chi connectivity index (χ0v) is 12.1. The van der Waals surface area contributed by atoms with E-state index in [0.717, 1.165) is 5.56 Å². The van der Waals surface area contributed by atoms with Gasteiger partial charge in [-0.3, -0.25) is 4.79 Å². The fourth-order valence-corrected chi connectivity index (χ4v) is 1.39. The molecule has 1 aromatic rings. The Kier molecular flexibility index (Phi) is 7.42. The van der Waals surface area contributed by atoms with Crippen molar-refractivity contribution in [1.29, 1.82) is 0 Å². The predicted molar refractivity (Wildman–Crippen MR) is 79.2 cm³/mol. The summed E-state index contributed by atoms with van der Waals surface area (Å²) in [5.41, 5.74) is 1.13.